The molecular formula is C16H20N4O3S. The van der Waals surface area contributed by atoms with E-state index in [4.69, 9.17) is 4.42 Å². The maximum Gasteiger partial charge on any atom is 0.434 e. The van der Waals surface area contributed by atoms with Gasteiger partial charge in [0.15, 0.2) is 0 Å². The first kappa shape index (κ1) is 16.6. The van der Waals surface area contributed by atoms with Crippen LogP contribution in [0.15, 0.2) is 32.3 Å². The highest BCUT2D eigenvalue weighted by Crippen LogP contribution is 2.30. The SMILES string of the molecule is CSc1cccc(C)c1NC(=O)N1CCC[C@H](c2n[nH]c(=O)o2)C1. The second-order valence-corrected chi connectivity index (χ2v) is 6.67. The van der Waals surface area contributed by atoms with Gasteiger partial charge in [-0.2, -0.15) is 0 Å². The number of carbonyl (C=O) groups excluding carboxylic acids is 1. The summed E-state index contributed by atoms with van der Waals surface area (Å²) in [6.07, 6.45) is 3.68. The lowest BCUT2D eigenvalue weighted by molar-refractivity contribution is 0.186. The number of para-hydroxylation sites is 1. The van der Waals surface area contributed by atoms with Gasteiger partial charge in [0.05, 0.1) is 11.6 Å². The smallest absolute Gasteiger partial charge is 0.392 e. The number of aryl methyl sites for hydroxylation is 1. The van der Waals surface area contributed by atoms with Crippen LogP contribution in [0, 0.1) is 6.92 Å². The molecule has 0 bridgehead atoms. The second-order valence-electron chi connectivity index (χ2n) is 5.82. The van der Waals surface area contributed by atoms with Gasteiger partial charge in [-0.1, -0.05) is 12.1 Å². The Balaban J connectivity index is 1.72. The monoisotopic (exact) mass is 348 g/mol. The molecular weight excluding hydrogens is 328 g/mol. The molecule has 8 heteroatoms. The molecule has 2 heterocycles. The van der Waals surface area contributed by atoms with Crippen molar-refractivity contribution in [2.45, 2.75) is 30.6 Å². The summed E-state index contributed by atoms with van der Waals surface area (Å²) in [5.74, 6) is -0.241. The number of thioether (sulfide) groups is 1. The van der Waals surface area contributed by atoms with E-state index in [0.29, 0.717) is 19.0 Å². The van der Waals surface area contributed by atoms with Gasteiger partial charge in [-0.05, 0) is 37.7 Å². The zero-order chi connectivity index (χ0) is 17.1. The molecule has 128 valence electrons. The Labute approximate surface area is 143 Å². The van der Waals surface area contributed by atoms with Crippen LogP contribution in [0.4, 0.5) is 10.5 Å². The number of aromatic amines is 1. The average molecular weight is 348 g/mol. The van der Waals surface area contributed by atoms with Crippen LogP contribution >= 0.6 is 11.8 Å². The molecule has 1 fully saturated rings. The summed E-state index contributed by atoms with van der Waals surface area (Å²) in [6.45, 7) is 3.14. The number of aromatic nitrogens is 2. The van der Waals surface area contributed by atoms with E-state index in [-0.39, 0.29) is 11.9 Å². The minimum atomic E-state index is -0.559. The molecule has 2 N–H and O–H groups in total. The van der Waals surface area contributed by atoms with Crippen molar-refractivity contribution in [3.05, 3.63) is 40.2 Å². The van der Waals surface area contributed by atoms with E-state index in [1.807, 2.05) is 31.4 Å². The molecule has 1 aromatic carbocycles. The van der Waals surface area contributed by atoms with Crippen molar-refractivity contribution in [1.29, 1.82) is 0 Å². The number of amides is 2. The zero-order valence-corrected chi connectivity index (χ0v) is 14.5. The predicted octanol–water partition coefficient (Wildman–Crippen LogP) is 2.80. The van der Waals surface area contributed by atoms with E-state index in [9.17, 15) is 9.59 Å². The molecule has 1 atom stereocenters. The molecule has 0 saturated carbocycles. The Morgan fingerprint density at radius 3 is 3.04 bits per heavy atom. The molecule has 3 rings (SSSR count). The Hall–Kier alpha value is -2.22. The minimum absolute atomic E-state index is 0.0552. The summed E-state index contributed by atoms with van der Waals surface area (Å²) < 4.78 is 5.04. The van der Waals surface area contributed by atoms with Crippen LogP contribution in [0.2, 0.25) is 0 Å². The fourth-order valence-corrected chi connectivity index (χ4v) is 3.57. The van der Waals surface area contributed by atoms with Gasteiger partial charge < -0.3 is 14.6 Å². The summed E-state index contributed by atoms with van der Waals surface area (Å²) in [7, 11) is 0. The second kappa shape index (κ2) is 7.12. The van der Waals surface area contributed by atoms with Crippen LogP contribution in [0.1, 0.15) is 30.2 Å². The van der Waals surface area contributed by atoms with Gasteiger partial charge in [-0.3, -0.25) is 0 Å². The first-order valence-electron chi connectivity index (χ1n) is 7.83. The molecule has 1 aromatic heterocycles. The van der Waals surface area contributed by atoms with Crippen molar-refractivity contribution in [3.8, 4) is 0 Å². The summed E-state index contributed by atoms with van der Waals surface area (Å²) in [6, 6.07) is 5.81. The first-order valence-corrected chi connectivity index (χ1v) is 9.06. The van der Waals surface area contributed by atoms with Gasteiger partial charge in [0, 0.05) is 18.0 Å². The summed E-state index contributed by atoms with van der Waals surface area (Å²) in [5, 5.41) is 9.19. The fourth-order valence-electron chi connectivity index (χ4n) is 2.94. The van der Waals surface area contributed by atoms with Gasteiger partial charge in [0.25, 0.3) is 0 Å². The average Bonchev–Trinajstić information content (AvgIpc) is 3.03. The third-order valence-electron chi connectivity index (χ3n) is 4.20. The van der Waals surface area contributed by atoms with Crippen molar-refractivity contribution < 1.29 is 9.21 Å². The predicted molar refractivity (Wildman–Crippen MR) is 92.7 cm³/mol. The molecule has 24 heavy (non-hydrogen) atoms. The van der Waals surface area contributed by atoms with Crippen molar-refractivity contribution in [3.63, 3.8) is 0 Å². The molecule has 0 radical (unpaired) electrons. The first-order chi connectivity index (χ1) is 11.6. The third-order valence-corrected chi connectivity index (χ3v) is 4.98. The molecule has 0 unspecified atom stereocenters. The number of benzene rings is 1. The Kier molecular flexibility index (Phi) is 4.94. The highest BCUT2D eigenvalue weighted by Gasteiger charge is 2.28. The van der Waals surface area contributed by atoms with Crippen LogP contribution in [-0.2, 0) is 0 Å². The maximum atomic E-state index is 12.7. The molecule has 2 amide bonds. The van der Waals surface area contributed by atoms with Crippen LogP contribution in [-0.4, -0.2) is 40.5 Å². The van der Waals surface area contributed by atoms with E-state index in [1.54, 1.807) is 16.7 Å². The normalized spacial score (nSPS) is 17.8. The van der Waals surface area contributed by atoms with E-state index >= 15 is 0 Å². The third kappa shape index (κ3) is 3.48. The molecule has 2 aromatic rings. The minimum Gasteiger partial charge on any atom is -0.392 e. The highest BCUT2D eigenvalue weighted by atomic mass is 32.2. The number of urea groups is 1. The lowest BCUT2D eigenvalue weighted by Crippen LogP contribution is -2.41. The van der Waals surface area contributed by atoms with E-state index in [0.717, 1.165) is 29.0 Å². The van der Waals surface area contributed by atoms with Gasteiger partial charge in [-0.25, -0.2) is 14.7 Å². The number of hydrogen-bond donors (Lipinski definition) is 2. The summed E-state index contributed by atoms with van der Waals surface area (Å²) in [5.41, 5.74) is 1.88. The largest absolute Gasteiger partial charge is 0.434 e. The van der Waals surface area contributed by atoms with Crippen molar-refractivity contribution >= 4 is 23.5 Å². The Morgan fingerprint density at radius 1 is 1.50 bits per heavy atom. The maximum absolute atomic E-state index is 12.7. The molecule has 1 aliphatic heterocycles. The number of likely N-dealkylation sites (tertiary alicyclic amines) is 1. The molecule has 1 saturated heterocycles. The Morgan fingerprint density at radius 2 is 2.33 bits per heavy atom. The molecule has 0 aliphatic carbocycles. The number of anilines is 1. The lowest BCUT2D eigenvalue weighted by Gasteiger charge is -2.31. The number of H-pyrrole nitrogens is 1. The standard InChI is InChI=1S/C16H20N4O3S/c1-10-5-3-7-12(24-2)13(10)17-15(21)20-8-4-6-11(9-20)14-18-19-16(22)23-14/h3,5,7,11H,4,6,8-9H2,1-2H3,(H,17,21)(H,19,22)/t11-/m0/s1. The highest BCUT2D eigenvalue weighted by molar-refractivity contribution is 7.98. The fraction of sp³-hybridized carbons (Fsp3) is 0.438. The summed E-state index contributed by atoms with van der Waals surface area (Å²) >= 11 is 1.60. The number of hydrogen-bond acceptors (Lipinski definition) is 5. The molecule has 7 nitrogen and oxygen atoms in total. The number of piperidine rings is 1. The van der Waals surface area contributed by atoms with Gasteiger partial charge in [0.1, 0.15) is 0 Å². The van der Waals surface area contributed by atoms with E-state index < -0.39 is 5.76 Å². The molecule has 1 aliphatic rings. The zero-order valence-electron chi connectivity index (χ0n) is 13.7. The van der Waals surface area contributed by atoms with Crippen molar-refractivity contribution in [2.24, 2.45) is 0 Å². The number of rotatable bonds is 3. The van der Waals surface area contributed by atoms with E-state index in [2.05, 4.69) is 15.5 Å². The lowest BCUT2D eigenvalue weighted by atomic mass is 9.98. The van der Waals surface area contributed by atoms with Crippen LogP contribution in [0.25, 0.3) is 0 Å². The number of carbonyl (C=O) groups is 1. The van der Waals surface area contributed by atoms with Crippen LogP contribution in [0.5, 0.6) is 0 Å². The Bertz CT molecular complexity index is 786. The summed E-state index contributed by atoms with van der Waals surface area (Å²) in [4.78, 5) is 26.6. The van der Waals surface area contributed by atoms with Gasteiger partial charge >= 0.3 is 11.8 Å². The van der Waals surface area contributed by atoms with Crippen LogP contribution < -0.4 is 11.1 Å². The van der Waals surface area contributed by atoms with Crippen LogP contribution in [0.3, 0.4) is 0 Å². The quantitative estimate of drug-likeness (QED) is 0.832. The van der Waals surface area contributed by atoms with Crippen molar-refractivity contribution in [2.75, 3.05) is 24.7 Å². The van der Waals surface area contributed by atoms with Gasteiger partial charge in [-0.15, -0.1) is 16.9 Å². The van der Waals surface area contributed by atoms with Gasteiger partial charge in [0.2, 0.25) is 5.89 Å². The van der Waals surface area contributed by atoms with Crippen molar-refractivity contribution in [1.82, 2.24) is 15.1 Å². The number of nitrogens with zero attached hydrogens (tertiary/aromatic N) is 2. The number of nitrogens with one attached hydrogen (secondary N) is 2. The topological polar surface area (TPSA) is 91.2 Å². The van der Waals surface area contributed by atoms with E-state index in [1.165, 1.54) is 0 Å². The molecule has 0 spiro atoms.